The summed E-state index contributed by atoms with van der Waals surface area (Å²) in [6.45, 7) is 6.02. The number of unbranched alkanes of at least 4 members (excludes halogenated alkanes) is 1. The monoisotopic (exact) mass is 480 g/mol. The van der Waals surface area contributed by atoms with Gasteiger partial charge in [0.1, 0.15) is 0 Å². The maximum Gasteiger partial charge on any atom is 0.191 e. The van der Waals surface area contributed by atoms with Crippen LogP contribution in [-0.2, 0) is 7.05 Å². The van der Waals surface area contributed by atoms with Gasteiger partial charge in [-0.15, -0.1) is 24.0 Å². The Morgan fingerprint density at radius 1 is 1.44 bits per heavy atom. The van der Waals surface area contributed by atoms with Crippen LogP contribution in [0.5, 0.6) is 0 Å². The minimum atomic E-state index is 0. The largest absolute Gasteiger partial charge is 0.367 e. The van der Waals surface area contributed by atoms with E-state index < -0.39 is 0 Å². The van der Waals surface area contributed by atoms with Gasteiger partial charge >= 0.3 is 0 Å². The lowest BCUT2D eigenvalue weighted by Gasteiger charge is -2.34. The van der Waals surface area contributed by atoms with E-state index in [1.807, 2.05) is 29.7 Å². The third-order valence-corrected chi connectivity index (χ3v) is 4.89. The molecule has 1 aliphatic heterocycles. The summed E-state index contributed by atoms with van der Waals surface area (Å²) in [4.78, 5) is 7.14. The Bertz CT molecular complexity index is 507. The van der Waals surface area contributed by atoms with Crippen molar-refractivity contribution in [1.82, 2.24) is 20.4 Å². The quantitative estimate of drug-likeness (QED) is 0.260. The van der Waals surface area contributed by atoms with Gasteiger partial charge in [-0.05, 0) is 44.6 Å². The van der Waals surface area contributed by atoms with Gasteiger partial charge in [0.05, 0.1) is 11.9 Å². The predicted molar refractivity (Wildman–Crippen MR) is 121 cm³/mol. The first-order valence-electron chi connectivity index (χ1n) is 9.00. The summed E-state index contributed by atoms with van der Waals surface area (Å²) < 4.78 is 1.87. The number of aliphatic imine (C=N–C) groups is 1. The minimum absolute atomic E-state index is 0. The first kappa shape index (κ1) is 22.4. The first-order valence-corrected chi connectivity index (χ1v) is 10.4. The second-order valence-electron chi connectivity index (χ2n) is 6.26. The molecule has 1 unspecified atom stereocenters. The molecule has 1 aliphatic rings. The van der Waals surface area contributed by atoms with E-state index in [9.17, 15) is 0 Å². The Balaban J connectivity index is 0.00000312. The van der Waals surface area contributed by atoms with Crippen LogP contribution in [0.1, 0.15) is 32.6 Å². The zero-order chi connectivity index (χ0) is 17.2. The van der Waals surface area contributed by atoms with Crippen LogP contribution in [0.3, 0.4) is 0 Å². The number of piperidine rings is 1. The second-order valence-corrected chi connectivity index (χ2v) is 7.25. The molecule has 1 atom stereocenters. The van der Waals surface area contributed by atoms with Crippen LogP contribution in [0.2, 0.25) is 0 Å². The molecule has 1 saturated heterocycles. The van der Waals surface area contributed by atoms with Crippen molar-refractivity contribution in [3.05, 3.63) is 12.4 Å². The molecule has 0 aliphatic carbocycles. The number of halogens is 1. The number of nitrogens with zero attached hydrogens (tertiary/aromatic N) is 4. The van der Waals surface area contributed by atoms with Gasteiger partial charge in [-0.25, -0.2) is 0 Å². The molecule has 144 valence electrons. The number of thioether (sulfide) groups is 1. The highest BCUT2D eigenvalue weighted by Gasteiger charge is 2.21. The Morgan fingerprint density at radius 3 is 2.96 bits per heavy atom. The summed E-state index contributed by atoms with van der Waals surface area (Å²) in [5, 5.41) is 11.3. The van der Waals surface area contributed by atoms with Gasteiger partial charge in [-0.2, -0.15) is 16.9 Å². The normalized spacial score (nSPS) is 18.0. The van der Waals surface area contributed by atoms with E-state index in [0.717, 1.165) is 38.6 Å². The molecule has 2 N–H and O–H groups in total. The zero-order valence-corrected chi connectivity index (χ0v) is 18.8. The number of guanidine groups is 1. The van der Waals surface area contributed by atoms with Crippen LogP contribution in [0.25, 0.3) is 0 Å². The van der Waals surface area contributed by atoms with Crippen LogP contribution in [0.4, 0.5) is 5.69 Å². The summed E-state index contributed by atoms with van der Waals surface area (Å²) in [5.41, 5.74) is 1.21. The maximum absolute atomic E-state index is 4.73. The number of rotatable bonds is 8. The molecule has 0 spiro atoms. The first-order chi connectivity index (χ1) is 11.7. The smallest absolute Gasteiger partial charge is 0.191 e. The molecule has 1 aromatic rings. The van der Waals surface area contributed by atoms with Gasteiger partial charge in [-0.3, -0.25) is 9.67 Å². The van der Waals surface area contributed by atoms with Crippen LogP contribution in [0, 0.1) is 0 Å². The van der Waals surface area contributed by atoms with Gasteiger partial charge in [0.25, 0.3) is 0 Å². The summed E-state index contributed by atoms with van der Waals surface area (Å²) in [7, 11) is 1.97. The molecular formula is C17H33IN6S. The molecule has 1 aromatic heterocycles. The molecule has 6 nitrogen and oxygen atoms in total. The Hall–Kier alpha value is -0.640. The highest BCUT2D eigenvalue weighted by atomic mass is 127. The molecule has 25 heavy (non-hydrogen) atoms. The van der Waals surface area contributed by atoms with Crippen molar-refractivity contribution in [2.45, 2.75) is 38.6 Å². The van der Waals surface area contributed by atoms with Gasteiger partial charge in [0, 0.05) is 45.5 Å². The van der Waals surface area contributed by atoms with E-state index in [-0.39, 0.29) is 24.0 Å². The number of hydrogen-bond donors (Lipinski definition) is 2. The molecule has 1 fully saturated rings. The topological polar surface area (TPSA) is 57.5 Å². The lowest BCUT2D eigenvalue weighted by molar-refractivity contribution is 0.468. The Morgan fingerprint density at radius 2 is 2.28 bits per heavy atom. The number of aryl methyl sites for hydroxylation is 1. The second kappa shape index (κ2) is 12.7. The molecule has 8 heteroatoms. The van der Waals surface area contributed by atoms with Crippen molar-refractivity contribution in [1.29, 1.82) is 0 Å². The zero-order valence-electron chi connectivity index (χ0n) is 15.7. The molecule has 0 radical (unpaired) electrons. The van der Waals surface area contributed by atoms with Crippen molar-refractivity contribution >= 4 is 47.4 Å². The highest BCUT2D eigenvalue weighted by molar-refractivity contribution is 14.0. The van der Waals surface area contributed by atoms with Crippen molar-refractivity contribution in [3.63, 3.8) is 0 Å². The molecular weight excluding hydrogens is 447 g/mol. The lowest BCUT2D eigenvalue weighted by atomic mass is 10.1. The van der Waals surface area contributed by atoms with Crippen molar-refractivity contribution < 1.29 is 0 Å². The molecule has 2 heterocycles. The van der Waals surface area contributed by atoms with E-state index in [2.05, 4.69) is 40.0 Å². The van der Waals surface area contributed by atoms with Crippen LogP contribution in [0.15, 0.2) is 17.4 Å². The number of hydrogen-bond acceptors (Lipinski definition) is 4. The third kappa shape index (κ3) is 8.06. The summed E-state index contributed by atoms with van der Waals surface area (Å²) in [6, 6.07) is 0.433. The van der Waals surface area contributed by atoms with Crippen molar-refractivity contribution in [3.8, 4) is 0 Å². The maximum atomic E-state index is 4.73. The van der Waals surface area contributed by atoms with E-state index >= 15 is 0 Å². The van der Waals surface area contributed by atoms with Crippen LogP contribution >= 0.6 is 35.7 Å². The number of anilines is 1. The number of aromatic nitrogens is 2. The lowest BCUT2D eigenvalue weighted by Crippen LogP contribution is -2.51. The van der Waals surface area contributed by atoms with E-state index in [4.69, 9.17) is 4.99 Å². The molecule has 2 rings (SSSR count). The average molecular weight is 480 g/mol. The van der Waals surface area contributed by atoms with Gasteiger partial charge < -0.3 is 15.5 Å². The van der Waals surface area contributed by atoms with Crippen molar-refractivity contribution in [2.24, 2.45) is 12.0 Å². The molecule has 0 saturated carbocycles. The predicted octanol–water partition coefficient (Wildman–Crippen LogP) is 2.71. The van der Waals surface area contributed by atoms with E-state index in [1.165, 1.54) is 30.7 Å². The Labute approximate surface area is 173 Å². The summed E-state index contributed by atoms with van der Waals surface area (Å²) in [6.07, 6.45) is 11.0. The molecule has 0 amide bonds. The SMILES string of the molecule is CCNC(=NCCCCSC)NC1CCCN(c2cnn(C)c2)C1.I. The van der Waals surface area contributed by atoms with Gasteiger partial charge in [-0.1, -0.05) is 0 Å². The van der Waals surface area contributed by atoms with Gasteiger partial charge in [0.15, 0.2) is 5.96 Å². The number of nitrogens with one attached hydrogen (secondary N) is 2. The minimum Gasteiger partial charge on any atom is -0.367 e. The van der Waals surface area contributed by atoms with E-state index in [0.29, 0.717) is 6.04 Å². The fourth-order valence-corrected chi connectivity index (χ4v) is 3.46. The van der Waals surface area contributed by atoms with E-state index in [1.54, 1.807) is 0 Å². The third-order valence-electron chi connectivity index (χ3n) is 4.19. The summed E-state index contributed by atoms with van der Waals surface area (Å²) in [5.74, 6) is 2.18. The van der Waals surface area contributed by atoms with Crippen LogP contribution < -0.4 is 15.5 Å². The average Bonchev–Trinajstić information content (AvgIpc) is 3.01. The standard InChI is InChI=1S/C17H32N6S.HI/c1-4-18-17(19-9-5-6-11-24-3)21-15-8-7-10-23(13-15)16-12-20-22(2)14-16;/h12,14-15H,4-11,13H2,1-3H3,(H2,18,19,21);1H. The molecule has 0 aromatic carbocycles. The Kier molecular flexibility index (Phi) is 11.4. The fraction of sp³-hybridized carbons (Fsp3) is 0.765. The fourth-order valence-electron chi connectivity index (χ4n) is 2.96. The summed E-state index contributed by atoms with van der Waals surface area (Å²) >= 11 is 1.91. The van der Waals surface area contributed by atoms with Crippen molar-refractivity contribution in [2.75, 3.05) is 43.1 Å². The molecule has 0 bridgehead atoms. The van der Waals surface area contributed by atoms with Crippen LogP contribution in [-0.4, -0.2) is 60.0 Å². The van der Waals surface area contributed by atoms with Gasteiger partial charge in [0.2, 0.25) is 0 Å². The highest BCUT2D eigenvalue weighted by Crippen LogP contribution is 2.18.